The fourth-order valence-electron chi connectivity index (χ4n) is 4.09. The van der Waals surface area contributed by atoms with Gasteiger partial charge in [-0.05, 0) is 72.9 Å². The third-order valence-corrected chi connectivity index (χ3v) is 5.64. The van der Waals surface area contributed by atoms with E-state index in [0.717, 1.165) is 18.8 Å². The van der Waals surface area contributed by atoms with E-state index in [9.17, 15) is 9.50 Å². The van der Waals surface area contributed by atoms with E-state index in [0.29, 0.717) is 11.7 Å². The highest BCUT2D eigenvalue weighted by atomic mass is 19.1. The first-order valence-corrected chi connectivity index (χ1v) is 8.57. The molecule has 0 amide bonds. The highest BCUT2D eigenvalue weighted by Gasteiger charge is 2.38. The van der Waals surface area contributed by atoms with Crippen LogP contribution in [0.4, 0.5) is 4.39 Å². The second kappa shape index (κ2) is 6.35. The van der Waals surface area contributed by atoms with Gasteiger partial charge in [-0.1, -0.05) is 38.1 Å². The van der Waals surface area contributed by atoms with E-state index in [1.807, 2.05) is 24.3 Å². The summed E-state index contributed by atoms with van der Waals surface area (Å²) in [6.45, 7) is 4.60. The second-order valence-corrected chi connectivity index (χ2v) is 7.22. The summed E-state index contributed by atoms with van der Waals surface area (Å²) in [7, 11) is 0. The monoisotopic (exact) mass is 312 g/mol. The van der Waals surface area contributed by atoms with Crippen LogP contribution in [0, 0.1) is 17.7 Å². The van der Waals surface area contributed by atoms with Gasteiger partial charge in [-0.3, -0.25) is 0 Å². The maximum atomic E-state index is 13.4. The number of phenolic OH excluding ortho intramolecular Hbond substituents is 1. The van der Waals surface area contributed by atoms with Gasteiger partial charge in [-0.2, -0.15) is 0 Å². The average molecular weight is 312 g/mol. The molecule has 1 fully saturated rings. The van der Waals surface area contributed by atoms with Crippen LogP contribution in [0.5, 0.6) is 5.75 Å². The number of halogens is 1. The molecule has 0 aliphatic heterocycles. The molecule has 0 unspecified atom stereocenters. The first kappa shape index (κ1) is 16.0. The van der Waals surface area contributed by atoms with Crippen molar-refractivity contribution in [1.29, 1.82) is 0 Å². The molecule has 2 aromatic carbocycles. The van der Waals surface area contributed by atoms with E-state index < -0.39 is 0 Å². The summed E-state index contributed by atoms with van der Waals surface area (Å²) in [5.41, 5.74) is 2.35. The van der Waals surface area contributed by atoms with Gasteiger partial charge in [0.1, 0.15) is 11.6 Å². The minimum atomic E-state index is -0.189. The number of hydrogen-bond acceptors (Lipinski definition) is 1. The standard InChI is InChI=1S/C21H25FO/c1-15(2)16-11-13-21(14-12-16,17-3-7-19(22)8-4-17)18-5-9-20(23)10-6-18/h3-10,15-16,23H,11-14H2,1-2H3. The molecule has 0 atom stereocenters. The highest BCUT2D eigenvalue weighted by molar-refractivity contribution is 5.42. The van der Waals surface area contributed by atoms with E-state index in [4.69, 9.17) is 0 Å². The van der Waals surface area contributed by atoms with Crippen molar-refractivity contribution in [2.24, 2.45) is 11.8 Å². The van der Waals surface area contributed by atoms with Crippen molar-refractivity contribution < 1.29 is 9.50 Å². The van der Waals surface area contributed by atoms with Crippen LogP contribution in [-0.4, -0.2) is 5.11 Å². The summed E-state index contributed by atoms with van der Waals surface area (Å²) in [5.74, 6) is 1.58. The number of hydrogen-bond donors (Lipinski definition) is 1. The quantitative estimate of drug-likeness (QED) is 0.775. The molecule has 1 saturated carbocycles. The van der Waals surface area contributed by atoms with Crippen LogP contribution in [0.25, 0.3) is 0 Å². The minimum absolute atomic E-state index is 0.0627. The Kier molecular flexibility index (Phi) is 4.43. The SMILES string of the molecule is CC(C)C1CCC(c2ccc(O)cc2)(c2ccc(F)cc2)CC1. The lowest BCUT2D eigenvalue weighted by molar-refractivity contribution is 0.217. The van der Waals surface area contributed by atoms with E-state index in [2.05, 4.69) is 13.8 Å². The topological polar surface area (TPSA) is 20.2 Å². The molecular formula is C21H25FO. The van der Waals surface area contributed by atoms with E-state index in [1.165, 1.54) is 24.0 Å². The number of benzene rings is 2. The smallest absolute Gasteiger partial charge is 0.123 e. The number of rotatable bonds is 3. The Hall–Kier alpha value is -1.83. The molecule has 0 heterocycles. The fraction of sp³-hybridized carbons (Fsp3) is 0.429. The molecule has 1 nitrogen and oxygen atoms in total. The minimum Gasteiger partial charge on any atom is -0.508 e. The zero-order chi connectivity index (χ0) is 16.4. The Morgan fingerprint density at radius 3 is 1.87 bits per heavy atom. The molecule has 0 saturated heterocycles. The third-order valence-electron chi connectivity index (χ3n) is 5.64. The maximum absolute atomic E-state index is 13.4. The van der Waals surface area contributed by atoms with Crippen LogP contribution in [0.3, 0.4) is 0 Å². The molecule has 0 aromatic heterocycles. The lowest BCUT2D eigenvalue weighted by Crippen LogP contribution is -2.34. The molecule has 0 bridgehead atoms. The molecule has 122 valence electrons. The van der Waals surface area contributed by atoms with Crippen LogP contribution in [-0.2, 0) is 5.41 Å². The van der Waals surface area contributed by atoms with Crippen LogP contribution in [0.1, 0.15) is 50.7 Å². The summed E-state index contributed by atoms with van der Waals surface area (Å²) in [6.07, 6.45) is 4.53. The molecular weight excluding hydrogens is 287 g/mol. The summed E-state index contributed by atoms with van der Waals surface area (Å²) in [4.78, 5) is 0. The Labute approximate surface area is 138 Å². The predicted octanol–water partition coefficient (Wildman–Crippen LogP) is 5.66. The average Bonchev–Trinajstić information content (AvgIpc) is 2.56. The van der Waals surface area contributed by atoms with E-state index in [1.54, 1.807) is 24.3 Å². The van der Waals surface area contributed by atoms with Gasteiger partial charge in [0, 0.05) is 5.41 Å². The molecule has 1 aliphatic rings. The number of phenols is 1. The van der Waals surface area contributed by atoms with Crippen molar-refractivity contribution in [1.82, 2.24) is 0 Å². The second-order valence-electron chi connectivity index (χ2n) is 7.22. The Morgan fingerprint density at radius 2 is 1.39 bits per heavy atom. The molecule has 1 aliphatic carbocycles. The van der Waals surface area contributed by atoms with Crippen molar-refractivity contribution in [2.45, 2.75) is 44.9 Å². The maximum Gasteiger partial charge on any atom is 0.123 e. The van der Waals surface area contributed by atoms with Gasteiger partial charge in [0.05, 0.1) is 0 Å². The fourth-order valence-corrected chi connectivity index (χ4v) is 4.09. The first-order chi connectivity index (χ1) is 11.0. The van der Waals surface area contributed by atoms with Gasteiger partial charge < -0.3 is 5.11 Å². The third kappa shape index (κ3) is 3.12. The largest absolute Gasteiger partial charge is 0.508 e. The normalized spacial score (nSPS) is 24.8. The van der Waals surface area contributed by atoms with Crippen molar-refractivity contribution in [3.8, 4) is 5.75 Å². The molecule has 1 N–H and O–H groups in total. The molecule has 23 heavy (non-hydrogen) atoms. The van der Waals surface area contributed by atoms with Crippen molar-refractivity contribution >= 4 is 0 Å². The zero-order valence-electron chi connectivity index (χ0n) is 13.9. The van der Waals surface area contributed by atoms with Gasteiger partial charge in [-0.15, -0.1) is 0 Å². The molecule has 0 radical (unpaired) electrons. The summed E-state index contributed by atoms with van der Waals surface area (Å²) in [5, 5.41) is 9.61. The van der Waals surface area contributed by atoms with Gasteiger partial charge in [-0.25, -0.2) is 4.39 Å². The molecule has 3 rings (SSSR count). The van der Waals surface area contributed by atoms with Crippen LogP contribution >= 0.6 is 0 Å². The first-order valence-electron chi connectivity index (χ1n) is 8.57. The Balaban J connectivity index is 2.00. The Bertz CT molecular complexity index is 587. The van der Waals surface area contributed by atoms with Gasteiger partial charge in [0.15, 0.2) is 0 Å². The summed E-state index contributed by atoms with van der Waals surface area (Å²) < 4.78 is 13.4. The van der Waals surface area contributed by atoms with Crippen LogP contribution in [0.2, 0.25) is 0 Å². The Morgan fingerprint density at radius 1 is 0.913 bits per heavy atom. The zero-order valence-corrected chi connectivity index (χ0v) is 13.9. The van der Waals surface area contributed by atoms with Gasteiger partial charge in [0.25, 0.3) is 0 Å². The lowest BCUT2D eigenvalue weighted by atomic mass is 9.62. The van der Waals surface area contributed by atoms with Crippen LogP contribution in [0.15, 0.2) is 48.5 Å². The van der Waals surface area contributed by atoms with Crippen molar-refractivity contribution in [3.05, 3.63) is 65.5 Å². The predicted molar refractivity (Wildman–Crippen MR) is 92.1 cm³/mol. The van der Waals surface area contributed by atoms with Gasteiger partial charge in [0.2, 0.25) is 0 Å². The molecule has 2 aromatic rings. The van der Waals surface area contributed by atoms with Crippen LogP contribution < -0.4 is 0 Å². The summed E-state index contributed by atoms with van der Waals surface area (Å²) >= 11 is 0. The molecule has 0 spiro atoms. The van der Waals surface area contributed by atoms with Crippen molar-refractivity contribution in [2.75, 3.05) is 0 Å². The van der Waals surface area contributed by atoms with Gasteiger partial charge >= 0.3 is 0 Å². The van der Waals surface area contributed by atoms with E-state index in [-0.39, 0.29) is 11.2 Å². The number of aromatic hydroxyl groups is 1. The molecule has 2 heteroatoms. The van der Waals surface area contributed by atoms with E-state index >= 15 is 0 Å². The summed E-state index contributed by atoms with van der Waals surface area (Å²) in [6, 6.07) is 14.5. The lowest BCUT2D eigenvalue weighted by Gasteiger charge is -2.42. The van der Waals surface area contributed by atoms with Crippen molar-refractivity contribution in [3.63, 3.8) is 0 Å². The highest BCUT2D eigenvalue weighted by Crippen LogP contribution is 2.48.